The van der Waals surface area contributed by atoms with E-state index < -0.39 is 0 Å². The molecule has 5 N–H and O–H groups in total. The first-order chi connectivity index (χ1) is 7.22. The van der Waals surface area contributed by atoms with Crippen molar-refractivity contribution < 1.29 is 15.8 Å². The van der Waals surface area contributed by atoms with Gasteiger partial charge >= 0.3 is 0 Å². The summed E-state index contributed by atoms with van der Waals surface area (Å²) in [7, 11) is 3.65. The first kappa shape index (κ1) is 14.1. The van der Waals surface area contributed by atoms with Gasteiger partial charge in [-0.2, -0.15) is 5.90 Å². The molecule has 7 nitrogen and oxygen atoms in total. The predicted molar refractivity (Wildman–Crippen MR) is 55.8 cm³/mol. The number of hydrazine groups is 2. The van der Waals surface area contributed by atoms with Crippen LogP contribution in [0.3, 0.4) is 0 Å². The van der Waals surface area contributed by atoms with Crippen molar-refractivity contribution in [2.45, 2.75) is 25.7 Å². The summed E-state index contributed by atoms with van der Waals surface area (Å²) in [6.07, 6.45) is 4.50. The molecule has 0 unspecified atom stereocenters. The van der Waals surface area contributed by atoms with Gasteiger partial charge in [0.15, 0.2) is 0 Å². The second-order valence-electron chi connectivity index (χ2n) is 3.41. The monoisotopic (exact) mass is 221 g/mol. The topological polar surface area (TPSA) is 84.2 Å². The lowest BCUT2D eigenvalue weighted by Gasteiger charge is -2.06. The molecule has 0 radical (unpaired) electrons. The summed E-state index contributed by atoms with van der Waals surface area (Å²) >= 11 is 0. The molecule has 7 heteroatoms. The van der Waals surface area contributed by atoms with Crippen molar-refractivity contribution >= 4 is 0 Å². The van der Waals surface area contributed by atoms with E-state index in [-0.39, 0.29) is 0 Å². The van der Waals surface area contributed by atoms with Crippen LogP contribution in [0.4, 0.5) is 0 Å². The highest BCUT2D eigenvalue weighted by Gasteiger charge is 2.14. The van der Waals surface area contributed by atoms with Crippen LogP contribution in [-0.2, 0) is 4.94 Å². The minimum atomic E-state index is 0.528. The third-order valence-corrected chi connectivity index (χ3v) is 2.11. The number of nitroso groups, excluding NO2 is 1. The van der Waals surface area contributed by atoms with Crippen LogP contribution in [-0.4, -0.2) is 37.2 Å². The van der Waals surface area contributed by atoms with Gasteiger partial charge in [0.1, 0.15) is 0 Å². The van der Waals surface area contributed by atoms with Gasteiger partial charge in [0.25, 0.3) is 4.98 Å². The van der Waals surface area contributed by atoms with Crippen molar-refractivity contribution in [3.63, 3.8) is 0 Å². The molecule has 0 rings (SSSR count). The summed E-state index contributed by atoms with van der Waals surface area (Å²) in [5, 5.41) is 4.60. The van der Waals surface area contributed by atoms with Crippen molar-refractivity contribution in [1.82, 2.24) is 15.9 Å². The Kier molecular flexibility index (Phi) is 9.04. The van der Waals surface area contributed by atoms with E-state index in [4.69, 9.17) is 0 Å². The molecule has 0 aromatic rings. The van der Waals surface area contributed by atoms with Crippen LogP contribution in [0.2, 0.25) is 0 Å². The van der Waals surface area contributed by atoms with Crippen molar-refractivity contribution in [3.05, 3.63) is 4.91 Å². The highest BCUT2D eigenvalue weighted by atomic mass is 16.8. The lowest BCUT2D eigenvalue weighted by Crippen LogP contribution is -2.58. The molecule has 0 fully saturated rings. The molecule has 90 valence electrons. The average Bonchev–Trinajstić information content (AvgIpc) is 2.23. The fourth-order valence-corrected chi connectivity index (χ4v) is 1.21. The molecule has 0 bridgehead atoms. The van der Waals surface area contributed by atoms with Crippen molar-refractivity contribution in [3.8, 4) is 0 Å². The Balaban J connectivity index is 3.30. The second-order valence-corrected chi connectivity index (χ2v) is 3.41. The van der Waals surface area contributed by atoms with Crippen LogP contribution in [0.5, 0.6) is 0 Å². The maximum Gasteiger partial charge on any atom is 0.278 e. The summed E-state index contributed by atoms with van der Waals surface area (Å²) in [5.74, 6) is 3.05. The lowest BCUT2D eigenvalue weighted by atomic mass is 10.2. The van der Waals surface area contributed by atoms with Gasteiger partial charge in [-0.15, -0.1) is 5.01 Å². The molecule has 0 aromatic heterocycles. The summed E-state index contributed by atoms with van der Waals surface area (Å²) in [4.78, 5) is 15.8. The van der Waals surface area contributed by atoms with E-state index in [2.05, 4.69) is 21.7 Å². The SMILES string of the molecule is CNCCCCCCN(C)[N+](=O)NO[NH3+]. The zero-order valence-electron chi connectivity index (χ0n) is 9.66. The van der Waals surface area contributed by atoms with E-state index in [9.17, 15) is 4.91 Å². The van der Waals surface area contributed by atoms with Crippen molar-refractivity contribution in [2.24, 2.45) is 0 Å². The Labute approximate surface area is 90.4 Å². The van der Waals surface area contributed by atoms with Gasteiger partial charge in [-0.3, -0.25) is 0 Å². The molecule has 0 aliphatic carbocycles. The summed E-state index contributed by atoms with van der Waals surface area (Å²) in [6, 6.07) is 0. The Morgan fingerprint density at radius 3 is 2.60 bits per heavy atom. The van der Waals surface area contributed by atoms with Gasteiger partial charge in [-0.05, 0) is 31.4 Å². The maximum atomic E-state index is 11.1. The molecule has 0 amide bonds. The van der Waals surface area contributed by atoms with Crippen molar-refractivity contribution in [2.75, 3.05) is 27.2 Å². The molecule has 0 aromatic carbocycles. The minimum absolute atomic E-state index is 0.528. The van der Waals surface area contributed by atoms with Gasteiger partial charge in [-0.25, -0.2) is 0 Å². The number of nitrogens with zero attached hydrogens (tertiary/aromatic N) is 2. The van der Waals surface area contributed by atoms with Gasteiger partial charge in [0.05, 0.1) is 24.1 Å². The van der Waals surface area contributed by atoms with Crippen LogP contribution in [0, 0.1) is 4.91 Å². The predicted octanol–water partition coefficient (Wildman–Crippen LogP) is -1.01. The van der Waals surface area contributed by atoms with Crippen LogP contribution in [0.1, 0.15) is 25.7 Å². The van der Waals surface area contributed by atoms with Gasteiger partial charge < -0.3 is 5.32 Å². The van der Waals surface area contributed by atoms with E-state index in [1.165, 1.54) is 17.9 Å². The number of hydrogen-bond donors (Lipinski definition) is 3. The van der Waals surface area contributed by atoms with E-state index in [0.29, 0.717) is 11.5 Å². The zero-order valence-corrected chi connectivity index (χ0v) is 9.66. The fraction of sp³-hybridized carbons (Fsp3) is 1.00. The molecule has 0 spiro atoms. The molecular weight excluding hydrogens is 198 g/mol. The number of unbranched alkanes of at least 4 members (excludes halogenated alkanes) is 3. The number of hydrogen-bond acceptors (Lipinski definition) is 3. The van der Waals surface area contributed by atoms with Crippen LogP contribution < -0.4 is 16.8 Å². The normalized spacial score (nSPS) is 10.1. The smallest absolute Gasteiger partial charge is 0.278 e. The zero-order chi connectivity index (χ0) is 11.5. The molecule has 15 heavy (non-hydrogen) atoms. The summed E-state index contributed by atoms with van der Waals surface area (Å²) < 4.78 is 0. The number of quaternary nitrogens is 1. The van der Waals surface area contributed by atoms with Gasteiger partial charge in [0.2, 0.25) is 0 Å². The average molecular weight is 221 g/mol. The third kappa shape index (κ3) is 8.10. The first-order valence-corrected chi connectivity index (χ1v) is 5.22. The first-order valence-electron chi connectivity index (χ1n) is 5.22. The highest BCUT2D eigenvalue weighted by molar-refractivity contribution is 4.46. The van der Waals surface area contributed by atoms with Gasteiger partial charge in [0, 0.05) is 0 Å². The number of rotatable bonds is 10. The molecule has 0 aliphatic heterocycles. The Morgan fingerprint density at radius 2 is 2.00 bits per heavy atom. The summed E-state index contributed by atoms with van der Waals surface area (Å²) in [6.45, 7) is 1.76. The molecule has 0 saturated heterocycles. The van der Waals surface area contributed by atoms with Crippen molar-refractivity contribution in [1.29, 1.82) is 0 Å². The second kappa shape index (κ2) is 9.63. The lowest BCUT2D eigenvalue weighted by molar-refractivity contribution is -0.874. The van der Waals surface area contributed by atoms with E-state index in [1.54, 1.807) is 7.05 Å². The van der Waals surface area contributed by atoms with Crippen LogP contribution in [0.25, 0.3) is 0 Å². The Hall–Kier alpha value is -0.920. The summed E-state index contributed by atoms with van der Waals surface area (Å²) in [5.41, 5.74) is 2.09. The molecule has 0 heterocycles. The maximum absolute atomic E-state index is 11.1. The van der Waals surface area contributed by atoms with Crippen LogP contribution in [0.15, 0.2) is 0 Å². The highest BCUT2D eigenvalue weighted by Crippen LogP contribution is 1.99. The molecule has 0 atom stereocenters. The fourth-order valence-electron chi connectivity index (χ4n) is 1.21. The standard InChI is InChI=1S/C8H23N5O2/c1-10-7-5-3-4-6-8-12(2)13(14)11-15-9/h10H,3-8H2,1-2,9H3,(H,11,14)/q+2. The quantitative estimate of drug-likeness (QED) is 0.250. The van der Waals surface area contributed by atoms with E-state index in [0.717, 1.165) is 19.4 Å². The third-order valence-electron chi connectivity index (χ3n) is 2.11. The number of nitrogens with one attached hydrogen (secondary N) is 2. The molecule has 0 saturated carbocycles. The minimum Gasteiger partial charge on any atom is -0.320 e. The Morgan fingerprint density at radius 1 is 1.33 bits per heavy atom. The molecule has 0 aliphatic rings. The van der Waals surface area contributed by atoms with E-state index >= 15 is 0 Å². The van der Waals surface area contributed by atoms with Crippen LogP contribution >= 0.6 is 0 Å². The largest absolute Gasteiger partial charge is 0.320 e. The Bertz CT molecular complexity index is 167. The van der Waals surface area contributed by atoms with E-state index in [1.807, 2.05) is 7.05 Å². The molecular formula is C8H23N5O2+2. The van der Waals surface area contributed by atoms with Gasteiger partial charge in [-0.1, -0.05) is 12.8 Å².